The van der Waals surface area contributed by atoms with E-state index in [9.17, 15) is 9.59 Å². The van der Waals surface area contributed by atoms with Crippen LogP contribution >= 0.6 is 59.6 Å². The van der Waals surface area contributed by atoms with Crippen LogP contribution in [0, 0.1) is 0 Å². The molecule has 0 spiro atoms. The Bertz CT molecular complexity index is 1140. The van der Waals surface area contributed by atoms with Crippen molar-refractivity contribution in [2.24, 2.45) is 0 Å². The monoisotopic (exact) mass is 643 g/mol. The van der Waals surface area contributed by atoms with Crippen molar-refractivity contribution in [2.75, 3.05) is 11.1 Å². The fourth-order valence-corrected chi connectivity index (χ4v) is 4.90. The Morgan fingerprint density at radius 3 is 2.56 bits per heavy atom. The number of carbonyl (C=O) groups excluding carboxylic acids is 2. The second kappa shape index (κ2) is 11.4. The standard InChI is InChI=1S/C21H20Br3N5O2S/c1-3-29-19(12(2)25-20(31)14-6-4-5-7-15(14)23)27-28-21(29)32-11-18(30)26-17-10-13(22)8-9-16(17)24/h4-10,12H,3,11H2,1-2H3,(H,25,31)(H,26,30)/t12-/m0/s1. The first-order valence-corrected chi connectivity index (χ1v) is 13.0. The van der Waals surface area contributed by atoms with Crippen molar-refractivity contribution < 1.29 is 9.59 Å². The van der Waals surface area contributed by atoms with Gasteiger partial charge in [-0.05, 0) is 76.0 Å². The van der Waals surface area contributed by atoms with E-state index in [1.807, 2.05) is 54.8 Å². The zero-order chi connectivity index (χ0) is 23.3. The molecule has 32 heavy (non-hydrogen) atoms. The first-order valence-electron chi connectivity index (χ1n) is 9.66. The first kappa shape index (κ1) is 24.9. The number of benzene rings is 2. The second-order valence-corrected chi connectivity index (χ2v) is 10.3. The van der Waals surface area contributed by atoms with E-state index in [0.29, 0.717) is 28.8 Å². The average molecular weight is 646 g/mol. The van der Waals surface area contributed by atoms with Crippen LogP contribution in [-0.2, 0) is 11.3 Å². The summed E-state index contributed by atoms with van der Waals surface area (Å²) in [5, 5.41) is 15.0. The van der Waals surface area contributed by atoms with E-state index in [-0.39, 0.29) is 23.6 Å². The summed E-state index contributed by atoms with van der Waals surface area (Å²) < 4.78 is 4.30. The molecule has 168 valence electrons. The van der Waals surface area contributed by atoms with Crippen molar-refractivity contribution >= 4 is 77.1 Å². The van der Waals surface area contributed by atoms with Crippen LogP contribution in [0.4, 0.5) is 5.69 Å². The molecule has 2 aromatic carbocycles. The van der Waals surface area contributed by atoms with Crippen LogP contribution < -0.4 is 10.6 Å². The molecule has 2 N–H and O–H groups in total. The molecular formula is C21H20Br3N5O2S. The highest BCUT2D eigenvalue weighted by Gasteiger charge is 2.21. The highest BCUT2D eigenvalue weighted by molar-refractivity contribution is 9.11. The topological polar surface area (TPSA) is 88.9 Å². The molecule has 2 amide bonds. The van der Waals surface area contributed by atoms with Crippen LogP contribution in [0.15, 0.2) is 61.0 Å². The number of nitrogens with zero attached hydrogens (tertiary/aromatic N) is 3. The third kappa shape index (κ3) is 6.21. The normalized spacial score (nSPS) is 11.8. The Morgan fingerprint density at radius 2 is 1.84 bits per heavy atom. The van der Waals surface area contributed by atoms with Gasteiger partial charge < -0.3 is 15.2 Å². The summed E-state index contributed by atoms with van der Waals surface area (Å²) in [6.07, 6.45) is 0. The van der Waals surface area contributed by atoms with Gasteiger partial charge in [-0.2, -0.15) is 0 Å². The van der Waals surface area contributed by atoms with Gasteiger partial charge in [-0.15, -0.1) is 10.2 Å². The molecule has 0 unspecified atom stereocenters. The molecule has 0 aliphatic carbocycles. The highest BCUT2D eigenvalue weighted by atomic mass is 79.9. The lowest BCUT2D eigenvalue weighted by Gasteiger charge is -2.15. The fraction of sp³-hybridized carbons (Fsp3) is 0.238. The minimum atomic E-state index is -0.358. The van der Waals surface area contributed by atoms with E-state index in [4.69, 9.17) is 0 Å². The number of amides is 2. The van der Waals surface area contributed by atoms with Gasteiger partial charge in [0.2, 0.25) is 5.91 Å². The Hall–Kier alpha value is -1.69. The molecule has 7 nitrogen and oxygen atoms in total. The van der Waals surface area contributed by atoms with Crippen LogP contribution in [0.2, 0.25) is 0 Å². The number of nitrogens with one attached hydrogen (secondary N) is 2. The van der Waals surface area contributed by atoms with E-state index < -0.39 is 0 Å². The Morgan fingerprint density at radius 1 is 1.09 bits per heavy atom. The van der Waals surface area contributed by atoms with Crippen molar-refractivity contribution in [2.45, 2.75) is 31.6 Å². The summed E-state index contributed by atoms with van der Waals surface area (Å²) >= 11 is 11.5. The lowest BCUT2D eigenvalue weighted by atomic mass is 10.2. The van der Waals surface area contributed by atoms with Gasteiger partial charge in [0, 0.05) is 20.0 Å². The van der Waals surface area contributed by atoms with Crippen LogP contribution in [0.5, 0.6) is 0 Å². The number of hydrogen-bond donors (Lipinski definition) is 2. The summed E-state index contributed by atoms with van der Waals surface area (Å²) in [5.41, 5.74) is 1.23. The van der Waals surface area contributed by atoms with E-state index in [0.717, 1.165) is 13.4 Å². The van der Waals surface area contributed by atoms with Gasteiger partial charge in [0.25, 0.3) is 5.91 Å². The fourth-order valence-electron chi connectivity index (χ4n) is 2.92. The van der Waals surface area contributed by atoms with E-state index in [1.165, 1.54) is 11.8 Å². The predicted octanol–water partition coefficient (Wildman–Crippen LogP) is 5.81. The maximum Gasteiger partial charge on any atom is 0.253 e. The quantitative estimate of drug-likeness (QED) is 0.302. The van der Waals surface area contributed by atoms with Crippen molar-refractivity contribution in [3.05, 3.63) is 67.3 Å². The number of carbonyl (C=O) groups is 2. The minimum absolute atomic E-state index is 0.156. The predicted molar refractivity (Wildman–Crippen MR) is 137 cm³/mol. The molecule has 0 radical (unpaired) electrons. The van der Waals surface area contributed by atoms with E-state index in [2.05, 4.69) is 68.6 Å². The molecule has 0 bridgehead atoms. The molecule has 0 aliphatic rings. The van der Waals surface area contributed by atoms with Crippen molar-refractivity contribution in [1.82, 2.24) is 20.1 Å². The average Bonchev–Trinajstić information content (AvgIpc) is 3.18. The Labute approximate surface area is 215 Å². The number of thioether (sulfide) groups is 1. The summed E-state index contributed by atoms with van der Waals surface area (Å²) in [5.74, 6) is 0.444. The lowest BCUT2D eigenvalue weighted by Crippen LogP contribution is -2.29. The van der Waals surface area contributed by atoms with Crippen molar-refractivity contribution in [1.29, 1.82) is 0 Å². The van der Waals surface area contributed by atoms with Gasteiger partial charge >= 0.3 is 0 Å². The zero-order valence-corrected chi connectivity index (χ0v) is 22.8. The maximum atomic E-state index is 12.6. The highest BCUT2D eigenvalue weighted by Crippen LogP contribution is 2.27. The van der Waals surface area contributed by atoms with Gasteiger partial charge in [-0.3, -0.25) is 9.59 Å². The summed E-state index contributed by atoms with van der Waals surface area (Å²) in [7, 11) is 0. The lowest BCUT2D eigenvalue weighted by molar-refractivity contribution is -0.113. The van der Waals surface area contributed by atoms with Crippen LogP contribution in [0.25, 0.3) is 0 Å². The Balaban J connectivity index is 1.65. The number of aromatic nitrogens is 3. The van der Waals surface area contributed by atoms with Gasteiger partial charge in [0.15, 0.2) is 11.0 Å². The van der Waals surface area contributed by atoms with Crippen LogP contribution in [0.3, 0.4) is 0 Å². The van der Waals surface area contributed by atoms with E-state index >= 15 is 0 Å². The van der Waals surface area contributed by atoms with Crippen LogP contribution in [-0.4, -0.2) is 32.3 Å². The van der Waals surface area contributed by atoms with Gasteiger partial charge in [0.05, 0.1) is 23.0 Å². The smallest absolute Gasteiger partial charge is 0.253 e. The molecule has 1 atom stereocenters. The minimum Gasteiger partial charge on any atom is -0.342 e. The third-order valence-electron chi connectivity index (χ3n) is 4.45. The van der Waals surface area contributed by atoms with Crippen molar-refractivity contribution in [3.63, 3.8) is 0 Å². The number of rotatable bonds is 8. The molecule has 0 fully saturated rings. The second-order valence-electron chi connectivity index (χ2n) is 6.72. The van der Waals surface area contributed by atoms with Crippen LogP contribution in [0.1, 0.15) is 36.1 Å². The SMILES string of the molecule is CCn1c(SCC(=O)Nc2cc(Br)ccc2Br)nnc1[C@H](C)NC(=O)c1ccccc1Br. The van der Waals surface area contributed by atoms with E-state index in [1.54, 1.807) is 6.07 Å². The molecule has 1 heterocycles. The largest absolute Gasteiger partial charge is 0.342 e. The molecule has 11 heteroatoms. The molecule has 0 saturated carbocycles. The molecule has 0 aliphatic heterocycles. The molecule has 1 aromatic heterocycles. The molecular weight excluding hydrogens is 626 g/mol. The summed E-state index contributed by atoms with van der Waals surface area (Å²) in [4.78, 5) is 25.1. The summed E-state index contributed by atoms with van der Waals surface area (Å²) in [6.45, 7) is 4.44. The molecule has 3 rings (SSSR count). The van der Waals surface area contributed by atoms with Gasteiger partial charge in [-0.1, -0.05) is 39.8 Å². The number of halogens is 3. The molecule has 3 aromatic rings. The summed E-state index contributed by atoms with van der Waals surface area (Å²) in [6, 6.07) is 12.4. The van der Waals surface area contributed by atoms with Gasteiger partial charge in [0.1, 0.15) is 0 Å². The van der Waals surface area contributed by atoms with Gasteiger partial charge in [-0.25, -0.2) is 0 Å². The number of hydrogen-bond acceptors (Lipinski definition) is 5. The Kier molecular flexibility index (Phi) is 8.92. The third-order valence-corrected chi connectivity index (χ3v) is 7.29. The molecule has 0 saturated heterocycles. The number of anilines is 1. The zero-order valence-electron chi connectivity index (χ0n) is 17.2. The first-order chi connectivity index (χ1) is 15.3. The van der Waals surface area contributed by atoms with Crippen molar-refractivity contribution in [3.8, 4) is 0 Å². The maximum absolute atomic E-state index is 12.6.